The number of aliphatic hydroxyl groups excluding tert-OH is 1. The number of benzene rings is 2. The fourth-order valence-corrected chi connectivity index (χ4v) is 1.84. The van der Waals surface area contributed by atoms with Crippen LogP contribution in [0.3, 0.4) is 0 Å². The molecule has 19 heavy (non-hydrogen) atoms. The first-order valence-electron chi connectivity index (χ1n) is 5.58. The molecule has 2 rings (SSSR count). The van der Waals surface area contributed by atoms with Gasteiger partial charge in [-0.1, -0.05) is 23.7 Å². The quantitative estimate of drug-likeness (QED) is 0.901. The Balaban J connectivity index is 2.43. The Morgan fingerprint density at radius 2 is 1.95 bits per heavy atom. The van der Waals surface area contributed by atoms with Crippen molar-refractivity contribution in [2.24, 2.45) is 0 Å². The Morgan fingerprint density at radius 3 is 2.58 bits per heavy atom. The highest BCUT2D eigenvalue weighted by molar-refractivity contribution is 6.32. The summed E-state index contributed by atoms with van der Waals surface area (Å²) in [4.78, 5) is 0. The van der Waals surface area contributed by atoms with Crippen LogP contribution in [0.15, 0.2) is 36.4 Å². The lowest BCUT2D eigenvalue weighted by molar-refractivity contribution is 0.194. The van der Waals surface area contributed by atoms with E-state index in [2.05, 4.69) is 0 Å². The number of halogens is 3. The molecule has 100 valence electrons. The molecule has 2 aromatic carbocycles. The molecule has 2 aromatic rings. The zero-order chi connectivity index (χ0) is 14.0. The topological polar surface area (TPSA) is 29.5 Å². The maximum Gasteiger partial charge on any atom is 0.168 e. The van der Waals surface area contributed by atoms with Crippen LogP contribution in [0.25, 0.3) is 0 Å². The summed E-state index contributed by atoms with van der Waals surface area (Å²) in [7, 11) is 0. The standard InChI is InChI=1S/C14H11ClF2O2/c1-8(18)10-3-2-4-12(17)14(10)19-13-6-5-9(16)7-11(13)15/h2-8,18H,1H3/t8-/m0/s1. The summed E-state index contributed by atoms with van der Waals surface area (Å²) in [5.74, 6) is -1.14. The van der Waals surface area contributed by atoms with Gasteiger partial charge in [-0.25, -0.2) is 8.78 Å². The van der Waals surface area contributed by atoms with Gasteiger partial charge in [0.05, 0.1) is 11.1 Å². The number of rotatable bonds is 3. The van der Waals surface area contributed by atoms with Crippen LogP contribution in [-0.4, -0.2) is 5.11 Å². The summed E-state index contributed by atoms with van der Waals surface area (Å²) in [6.07, 6.45) is -0.898. The SMILES string of the molecule is C[C@H](O)c1cccc(F)c1Oc1ccc(F)cc1Cl. The van der Waals surface area contributed by atoms with Crippen molar-refractivity contribution < 1.29 is 18.6 Å². The lowest BCUT2D eigenvalue weighted by atomic mass is 10.1. The second kappa shape index (κ2) is 5.55. The van der Waals surface area contributed by atoms with Crippen molar-refractivity contribution in [1.29, 1.82) is 0 Å². The maximum absolute atomic E-state index is 13.8. The van der Waals surface area contributed by atoms with Crippen LogP contribution in [0.1, 0.15) is 18.6 Å². The molecule has 0 spiro atoms. The first kappa shape index (κ1) is 13.8. The predicted octanol–water partition coefficient (Wildman–Crippen LogP) is 4.46. The Hall–Kier alpha value is -1.65. The van der Waals surface area contributed by atoms with Gasteiger partial charge in [-0.3, -0.25) is 0 Å². The van der Waals surface area contributed by atoms with Gasteiger partial charge < -0.3 is 9.84 Å². The highest BCUT2D eigenvalue weighted by Crippen LogP contribution is 2.35. The Kier molecular flexibility index (Phi) is 4.02. The zero-order valence-electron chi connectivity index (χ0n) is 10.0. The van der Waals surface area contributed by atoms with Gasteiger partial charge in [0.2, 0.25) is 0 Å². The van der Waals surface area contributed by atoms with Crippen LogP contribution in [0.4, 0.5) is 8.78 Å². The summed E-state index contributed by atoms with van der Waals surface area (Å²) in [5.41, 5.74) is 0.292. The fraction of sp³-hybridized carbons (Fsp3) is 0.143. The highest BCUT2D eigenvalue weighted by atomic mass is 35.5. The molecule has 1 N–H and O–H groups in total. The van der Waals surface area contributed by atoms with Gasteiger partial charge in [-0.15, -0.1) is 0 Å². The third-order valence-corrected chi connectivity index (χ3v) is 2.85. The van der Waals surface area contributed by atoms with Crippen molar-refractivity contribution in [2.75, 3.05) is 0 Å². The summed E-state index contributed by atoms with van der Waals surface area (Å²) < 4.78 is 32.0. The minimum atomic E-state index is -0.898. The van der Waals surface area contributed by atoms with Crippen molar-refractivity contribution in [2.45, 2.75) is 13.0 Å². The minimum Gasteiger partial charge on any atom is -0.452 e. The van der Waals surface area contributed by atoms with E-state index in [9.17, 15) is 13.9 Å². The molecule has 5 heteroatoms. The molecule has 2 nitrogen and oxygen atoms in total. The summed E-state index contributed by atoms with van der Waals surface area (Å²) >= 11 is 5.81. The molecule has 0 heterocycles. The van der Waals surface area contributed by atoms with Crippen molar-refractivity contribution >= 4 is 11.6 Å². The molecule has 1 atom stereocenters. The average molecular weight is 285 g/mol. The first-order chi connectivity index (χ1) is 8.99. The average Bonchev–Trinajstić information content (AvgIpc) is 2.34. The zero-order valence-corrected chi connectivity index (χ0v) is 10.8. The smallest absolute Gasteiger partial charge is 0.168 e. The van der Waals surface area contributed by atoms with Crippen LogP contribution >= 0.6 is 11.6 Å². The fourth-order valence-electron chi connectivity index (χ4n) is 1.63. The van der Waals surface area contributed by atoms with Crippen LogP contribution in [-0.2, 0) is 0 Å². The number of hydrogen-bond donors (Lipinski definition) is 1. The minimum absolute atomic E-state index is 0.0276. The largest absolute Gasteiger partial charge is 0.452 e. The lowest BCUT2D eigenvalue weighted by Crippen LogP contribution is -1.99. The third kappa shape index (κ3) is 3.03. The molecule has 0 radical (unpaired) electrons. The van der Waals surface area contributed by atoms with Crippen molar-refractivity contribution in [3.8, 4) is 11.5 Å². The van der Waals surface area contributed by atoms with Gasteiger partial charge >= 0.3 is 0 Å². The molecular formula is C14H11ClF2O2. The Morgan fingerprint density at radius 1 is 1.21 bits per heavy atom. The Labute approximate surface area is 114 Å². The van der Waals surface area contributed by atoms with E-state index in [0.29, 0.717) is 5.56 Å². The van der Waals surface area contributed by atoms with Gasteiger partial charge in [-0.05, 0) is 31.2 Å². The molecule has 0 aliphatic heterocycles. The molecule has 0 aliphatic carbocycles. The predicted molar refractivity (Wildman–Crippen MR) is 68.5 cm³/mol. The van der Waals surface area contributed by atoms with E-state index >= 15 is 0 Å². The first-order valence-corrected chi connectivity index (χ1v) is 5.96. The number of hydrogen-bond acceptors (Lipinski definition) is 2. The van der Waals surface area contributed by atoms with E-state index in [0.717, 1.165) is 12.1 Å². The van der Waals surface area contributed by atoms with E-state index in [1.54, 1.807) is 6.07 Å². The molecule has 0 saturated heterocycles. The van der Waals surface area contributed by atoms with E-state index in [4.69, 9.17) is 16.3 Å². The summed E-state index contributed by atoms with van der Waals surface area (Å²) in [5, 5.41) is 9.61. The molecule has 0 aliphatic rings. The van der Waals surface area contributed by atoms with E-state index in [1.165, 1.54) is 25.1 Å². The van der Waals surface area contributed by atoms with Gasteiger partial charge in [0.15, 0.2) is 11.6 Å². The number of para-hydroxylation sites is 1. The van der Waals surface area contributed by atoms with Crippen LogP contribution < -0.4 is 4.74 Å². The lowest BCUT2D eigenvalue weighted by Gasteiger charge is -2.14. The third-order valence-electron chi connectivity index (χ3n) is 2.55. The van der Waals surface area contributed by atoms with E-state index in [1.807, 2.05) is 0 Å². The maximum atomic E-state index is 13.8. The molecule has 0 unspecified atom stereocenters. The Bertz CT molecular complexity index is 600. The van der Waals surface area contributed by atoms with Gasteiger partial charge in [0.25, 0.3) is 0 Å². The highest BCUT2D eigenvalue weighted by Gasteiger charge is 2.16. The molecule has 0 bridgehead atoms. The second-order valence-corrected chi connectivity index (χ2v) is 4.42. The van der Waals surface area contributed by atoms with Crippen LogP contribution in [0.5, 0.6) is 11.5 Å². The normalized spacial score (nSPS) is 12.3. The van der Waals surface area contributed by atoms with Gasteiger partial charge in [-0.2, -0.15) is 0 Å². The van der Waals surface area contributed by atoms with Gasteiger partial charge in [0, 0.05) is 5.56 Å². The van der Waals surface area contributed by atoms with E-state index < -0.39 is 17.7 Å². The van der Waals surface area contributed by atoms with Crippen LogP contribution in [0.2, 0.25) is 5.02 Å². The summed E-state index contributed by atoms with van der Waals surface area (Å²) in [6.45, 7) is 1.49. The van der Waals surface area contributed by atoms with Crippen molar-refractivity contribution in [3.05, 3.63) is 58.6 Å². The molecule has 0 saturated carbocycles. The molecule has 0 aromatic heterocycles. The van der Waals surface area contributed by atoms with Crippen LogP contribution in [0, 0.1) is 11.6 Å². The summed E-state index contributed by atoms with van der Waals surface area (Å²) in [6, 6.07) is 7.75. The van der Waals surface area contributed by atoms with Crippen molar-refractivity contribution in [3.63, 3.8) is 0 Å². The van der Waals surface area contributed by atoms with E-state index in [-0.39, 0.29) is 16.5 Å². The molecular weight excluding hydrogens is 274 g/mol. The van der Waals surface area contributed by atoms with Crippen molar-refractivity contribution in [1.82, 2.24) is 0 Å². The monoisotopic (exact) mass is 284 g/mol. The number of aliphatic hydroxyl groups is 1. The molecule has 0 fully saturated rings. The van der Waals surface area contributed by atoms with Gasteiger partial charge in [0.1, 0.15) is 11.6 Å². The molecule has 0 amide bonds. The number of ether oxygens (including phenoxy) is 1. The second-order valence-electron chi connectivity index (χ2n) is 4.01.